The van der Waals surface area contributed by atoms with Crippen LogP contribution in [-0.2, 0) is 10.0 Å². The zero-order valence-corrected chi connectivity index (χ0v) is 17.8. The molecule has 0 bridgehead atoms. The second-order valence-corrected chi connectivity index (χ2v) is 11.0. The maximum Gasteiger partial charge on any atom is 0.217 e. The van der Waals surface area contributed by atoms with Crippen molar-refractivity contribution in [2.24, 2.45) is 11.8 Å². The first-order valence-electron chi connectivity index (χ1n) is 10.7. The Morgan fingerprint density at radius 1 is 1.18 bits per heavy atom. The lowest BCUT2D eigenvalue weighted by Gasteiger charge is -2.37. The number of aliphatic hydroxyl groups excluding tert-OH is 1. The molecule has 4 rings (SSSR count). The summed E-state index contributed by atoms with van der Waals surface area (Å²) in [4.78, 5) is 0. The fourth-order valence-electron chi connectivity index (χ4n) is 5.49. The molecule has 3 aliphatic heterocycles. The molecule has 0 amide bonds. The number of fused-ring (bicyclic) bond motifs is 1. The fourth-order valence-corrected chi connectivity index (χ4v) is 7.02. The van der Waals surface area contributed by atoms with E-state index >= 15 is 0 Å². The molecular formula is C18H36N6O3S. The highest BCUT2D eigenvalue weighted by Crippen LogP contribution is 2.31. The van der Waals surface area contributed by atoms with Crippen LogP contribution < -0.4 is 20.9 Å². The van der Waals surface area contributed by atoms with Crippen molar-refractivity contribution >= 4 is 10.0 Å². The first kappa shape index (κ1) is 20.9. The van der Waals surface area contributed by atoms with Gasteiger partial charge >= 0.3 is 0 Å². The van der Waals surface area contributed by atoms with E-state index in [9.17, 15) is 13.5 Å². The van der Waals surface area contributed by atoms with Crippen LogP contribution in [0.4, 0.5) is 0 Å². The number of hydrogen-bond acceptors (Lipinski definition) is 8. The van der Waals surface area contributed by atoms with E-state index in [4.69, 9.17) is 0 Å². The molecule has 0 aromatic heterocycles. The number of piperidine rings is 1. The zero-order chi connectivity index (χ0) is 19.9. The predicted molar refractivity (Wildman–Crippen MR) is 107 cm³/mol. The first-order chi connectivity index (χ1) is 13.3. The van der Waals surface area contributed by atoms with E-state index in [-0.39, 0.29) is 30.3 Å². The van der Waals surface area contributed by atoms with Crippen LogP contribution in [0, 0.1) is 11.8 Å². The van der Waals surface area contributed by atoms with Gasteiger partial charge in [-0.15, -0.1) is 0 Å². The number of nitrogens with zero attached hydrogens (tertiary/aromatic N) is 2. The average Bonchev–Trinajstić information content (AvgIpc) is 3.30. The molecule has 1 saturated carbocycles. The molecule has 0 spiro atoms. The molecule has 4 aliphatic rings. The molecule has 3 heterocycles. The largest absolute Gasteiger partial charge is 0.393 e. The summed E-state index contributed by atoms with van der Waals surface area (Å²) in [7, 11) is -1.39. The number of hydrazine groups is 2. The molecule has 162 valence electrons. The van der Waals surface area contributed by atoms with Crippen LogP contribution in [0.15, 0.2) is 0 Å². The Bertz CT molecular complexity index is 645. The van der Waals surface area contributed by atoms with Crippen molar-refractivity contribution in [3.05, 3.63) is 0 Å². The van der Waals surface area contributed by atoms with Crippen molar-refractivity contribution in [1.29, 1.82) is 0 Å². The number of nitrogens with one attached hydrogen (secondary N) is 4. The third-order valence-corrected chi connectivity index (χ3v) is 9.02. The van der Waals surface area contributed by atoms with Gasteiger partial charge < -0.3 is 10.4 Å². The molecule has 9 nitrogen and oxygen atoms in total. The molecule has 1 aliphatic carbocycles. The Morgan fingerprint density at radius 2 is 2.00 bits per heavy atom. The summed E-state index contributed by atoms with van der Waals surface area (Å²) in [6.45, 7) is 4.53. The van der Waals surface area contributed by atoms with Gasteiger partial charge in [-0.3, -0.25) is 10.9 Å². The summed E-state index contributed by atoms with van der Waals surface area (Å²) >= 11 is 0. The normalized spacial score (nSPS) is 41.8. The lowest BCUT2D eigenvalue weighted by atomic mass is 9.82. The van der Waals surface area contributed by atoms with Gasteiger partial charge in [0.05, 0.1) is 12.3 Å². The summed E-state index contributed by atoms with van der Waals surface area (Å²) in [5, 5.41) is 17.0. The molecule has 5 N–H and O–H groups in total. The van der Waals surface area contributed by atoms with Crippen molar-refractivity contribution in [2.45, 2.75) is 68.6 Å². The third-order valence-electron chi connectivity index (χ3n) is 7.19. The van der Waals surface area contributed by atoms with E-state index in [1.54, 1.807) is 0 Å². The minimum Gasteiger partial charge on any atom is -0.393 e. The summed E-state index contributed by atoms with van der Waals surface area (Å²) in [5.41, 5.74) is 6.64. The van der Waals surface area contributed by atoms with Crippen LogP contribution in [0.3, 0.4) is 0 Å². The molecule has 7 atom stereocenters. The summed E-state index contributed by atoms with van der Waals surface area (Å²) < 4.78 is 29.3. The van der Waals surface area contributed by atoms with E-state index in [1.807, 2.05) is 19.0 Å². The van der Waals surface area contributed by atoms with Gasteiger partial charge in [0.1, 0.15) is 5.25 Å². The lowest BCUT2D eigenvalue weighted by molar-refractivity contribution is 0.0410. The quantitative estimate of drug-likeness (QED) is 0.380. The van der Waals surface area contributed by atoms with Crippen molar-refractivity contribution < 1.29 is 13.5 Å². The molecular weight excluding hydrogens is 380 g/mol. The van der Waals surface area contributed by atoms with Gasteiger partial charge in [0.15, 0.2) is 0 Å². The van der Waals surface area contributed by atoms with E-state index in [0.717, 1.165) is 45.2 Å². The van der Waals surface area contributed by atoms with Gasteiger partial charge in [-0.1, -0.05) is 6.42 Å². The van der Waals surface area contributed by atoms with Crippen molar-refractivity contribution in [2.75, 3.05) is 33.2 Å². The molecule has 28 heavy (non-hydrogen) atoms. The monoisotopic (exact) mass is 416 g/mol. The van der Waals surface area contributed by atoms with Crippen LogP contribution in [0.1, 0.15) is 39.0 Å². The van der Waals surface area contributed by atoms with Crippen LogP contribution in [0.2, 0.25) is 0 Å². The number of sulfonamides is 1. The maximum atomic E-state index is 13.1. The Kier molecular flexibility index (Phi) is 6.30. The summed E-state index contributed by atoms with van der Waals surface area (Å²) in [5.74, 6) is 0.778. The molecule has 4 fully saturated rings. The third kappa shape index (κ3) is 4.24. The van der Waals surface area contributed by atoms with Crippen LogP contribution in [-0.4, -0.2) is 86.4 Å². The molecule has 6 unspecified atom stereocenters. The van der Waals surface area contributed by atoms with E-state index in [0.29, 0.717) is 19.0 Å². The minimum atomic E-state index is -3.41. The van der Waals surface area contributed by atoms with Gasteiger partial charge in [0.2, 0.25) is 10.0 Å². The van der Waals surface area contributed by atoms with Gasteiger partial charge in [-0.05, 0) is 51.0 Å². The Hall–Kier alpha value is -0.330. The number of likely N-dealkylation sites (N-methyl/N-ethyl adjacent to an activating group) is 1. The SMILES string of the molecule is C[C@H](O)C1CCNC(N2CC(S(=O)(=O)NC3CCCC4CNN(C)C43)CN2)C1. The van der Waals surface area contributed by atoms with Gasteiger partial charge in [0, 0.05) is 38.8 Å². The topological polar surface area (TPSA) is 109 Å². The number of aliphatic hydroxyl groups is 1. The van der Waals surface area contributed by atoms with Gasteiger partial charge in [0.25, 0.3) is 0 Å². The first-order valence-corrected chi connectivity index (χ1v) is 12.3. The fraction of sp³-hybridized carbons (Fsp3) is 1.00. The Balaban J connectivity index is 1.36. The van der Waals surface area contributed by atoms with Crippen molar-refractivity contribution in [1.82, 2.24) is 30.9 Å². The summed E-state index contributed by atoms with van der Waals surface area (Å²) in [6.07, 6.45) is 4.66. The highest BCUT2D eigenvalue weighted by Gasteiger charge is 2.44. The standard InChI is InChI=1S/C18H36N6O3S/c1-12(25)13-6-7-19-17(8-13)24-11-15(10-21-24)28(26,27)22-16-5-3-4-14-9-20-23(2)18(14)16/h12-22,25H,3-11H2,1-2H3/t12-,13?,14?,15?,16?,17?,18?/m0/s1. The number of hydrogen-bond donors (Lipinski definition) is 5. The molecule has 0 radical (unpaired) electrons. The maximum absolute atomic E-state index is 13.1. The molecule has 3 saturated heterocycles. The van der Waals surface area contributed by atoms with E-state index in [1.165, 1.54) is 0 Å². The van der Waals surface area contributed by atoms with E-state index in [2.05, 4.69) is 25.9 Å². The highest BCUT2D eigenvalue weighted by molar-refractivity contribution is 7.90. The number of rotatable bonds is 5. The Morgan fingerprint density at radius 3 is 2.79 bits per heavy atom. The van der Waals surface area contributed by atoms with Gasteiger partial charge in [-0.25, -0.2) is 23.2 Å². The molecule has 0 aromatic carbocycles. The van der Waals surface area contributed by atoms with Crippen molar-refractivity contribution in [3.8, 4) is 0 Å². The van der Waals surface area contributed by atoms with Gasteiger partial charge in [-0.2, -0.15) is 0 Å². The second kappa shape index (κ2) is 8.43. The Labute approximate surface area is 168 Å². The van der Waals surface area contributed by atoms with E-state index < -0.39 is 15.3 Å². The second-order valence-electron chi connectivity index (χ2n) is 9.06. The predicted octanol–water partition coefficient (Wildman–Crippen LogP) is -1.21. The zero-order valence-electron chi connectivity index (χ0n) is 17.0. The smallest absolute Gasteiger partial charge is 0.217 e. The van der Waals surface area contributed by atoms with Crippen LogP contribution in [0.25, 0.3) is 0 Å². The molecule has 0 aromatic rings. The highest BCUT2D eigenvalue weighted by atomic mass is 32.2. The minimum absolute atomic E-state index is 0.0229. The summed E-state index contributed by atoms with van der Waals surface area (Å²) in [6, 6.07) is 0.214. The van der Waals surface area contributed by atoms with Crippen LogP contribution >= 0.6 is 0 Å². The van der Waals surface area contributed by atoms with Crippen molar-refractivity contribution in [3.63, 3.8) is 0 Å². The van der Waals surface area contributed by atoms with Crippen LogP contribution in [0.5, 0.6) is 0 Å². The molecule has 10 heteroatoms. The average molecular weight is 417 g/mol. The lowest BCUT2D eigenvalue weighted by Crippen LogP contribution is -2.56.